The number of aromatic nitrogens is 1. The number of ether oxygens (including phenoxy) is 1. The Kier molecular flexibility index (Phi) is 5.72. The van der Waals surface area contributed by atoms with Crippen molar-refractivity contribution in [2.24, 2.45) is 0 Å². The molecule has 0 atom stereocenters. The van der Waals surface area contributed by atoms with E-state index in [1.165, 1.54) is 22.3 Å². The van der Waals surface area contributed by atoms with Gasteiger partial charge in [0.25, 0.3) is 5.91 Å². The highest BCUT2D eigenvalue weighted by Gasteiger charge is 2.23. The molecule has 4 rings (SSSR count). The lowest BCUT2D eigenvalue weighted by molar-refractivity contribution is 0.0984. The topological polar surface area (TPSA) is 42.4 Å². The average molecular weight is 424 g/mol. The molecule has 0 bridgehead atoms. The van der Waals surface area contributed by atoms with Crippen molar-refractivity contribution in [3.8, 4) is 5.75 Å². The molecule has 4 aromatic rings. The fourth-order valence-electron chi connectivity index (χ4n) is 3.08. The molecule has 4 nitrogen and oxygen atoms in total. The number of halogens is 2. The van der Waals surface area contributed by atoms with Crippen molar-refractivity contribution >= 4 is 32.6 Å². The van der Waals surface area contributed by atoms with E-state index in [4.69, 9.17) is 4.74 Å². The van der Waals surface area contributed by atoms with Crippen LogP contribution in [0.5, 0.6) is 5.75 Å². The molecule has 30 heavy (non-hydrogen) atoms. The summed E-state index contributed by atoms with van der Waals surface area (Å²) in [6.45, 7) is 2.62. The number of para-hydroxylation sites is 1. The van der Waals surface area contributed by atoms with Crippen molar-refractivity contribution in [3.05, 3.63) is 89.5 Å². The van der Waals surface area contributed by atoms with Gasteiger partial charge >= 0.3 is 0 Å². The van der Waals surface area contributed by atoms with E-state index in [9.17, 15) is 13.6 Å². The second-order valence-corrected chi connectivity index (χ2v) is 7.55. The Morgan fingerprint density at radius 1 is 1.03 bits per heavy atom. The van der Waals surface area contributed by atoms with Gasteiger partial charge in [-0.2, -0.15) is 0 Å². The standard InChI is InChI=1S/C23H18F2N2O2S/c1-2-29-19-9-6-10-20-21(19)26-23(30-20)27(14-15-7-4-3-5-8-15)22(28)16-11-12-17(24)18(25)13-16/h3-13H,2,14H2,1H3. The molecule has 0 radical (unpaired) electrons. The maximum Gasteiger partial charge on any atom is 0.260 e. The third kappa shape index (κ3) is 4.02. The van der Waals surface area contributed by atoms with E-state index in [2.05, 4.69) is 4.98 Å². The van der Waals surface area contributed by atoms with Crippen molar-refractivity contribution < 1.29 is 18.3 Å². The number of amides is 1. The molecule has 0 N–H and O–H groups in total. The van der Waals surface area contributed by atoms with E-state index in [1.54, 1.807) is 0 Å². The first kappa shape index (κ1) is 20.0. The number of carbonyl (C=O) groups is 1. The van der Waals surface area contributed by atoms with E-state index in [0.717, 1.165) is 22.4 Å². The van der Waals surface area contributed by atoms with Gasteiger partial charge in [0.05, 0.1) is 17.9 Å². The molecular weight excluding hydrogens is 406 g/mol. The Labute approximate surface area is 176 Å². The zero-order valence-corrected chi connectivity index (χ0v) is 17.0. The SMILES string of the molecule is CCOc1cccc2sc(N(Cc3ccccc3)C(=O)c3ccc(F)c(F)c3)nc12. The monoisotopic (exact) mass is 424 g/mol. The van der Waals surface area contributed by atoms with Gasteiger partial charge in [-0.05, 0) is 42.8 Å². The number of hydrogen-bond acceptors (Lipinski definition) is 4. The van der Waals surface area contributed by atoms with Crippen LogP contribution in [0.2, 0.25) is 0 Å². The number of rotatable bonds is 6. The van der Waals surface area contributed by atoms with Crippen LogP contribution in [0.4, 0.5) is 13.9 Å². The predicted molar refractivity (Wildman–Crippen MR) is 114 cm³/mol. The molecule has 152 valence electrons. The molecule has 3 aromatic carbocycles. The van der Waals surface area contributed by atoms with Crippen LogP contribution in [0.15, 0.2) is 66.7 Å². The highest BCUT2D eigenvalue weighted by atomic mass is 32.1. The summed E-state index contributed by atoms with van der Waals surface area (Å²) in [5.41, 5.74) is 1.60. The molecule has 1 heterocycles. The summed E-state index contributed by atoms with van der Waals surface area (Å²) < 4.78 is 33.6. The molecule has 7 heteroatoms. The molecule has 0 fully saturated rings. The number of benzene rings is 3. The maximum absolute atomic E-state index is 13.8. The third-order valence-corrected chi connectivity index (χ3v) is 5.54. The van der Waals surface area contributed by atoms with E-state index in [1.807, 2.05) is 55.5 Å². The van der Waals surface area contributed by atoms with E-state index >= 15 is 0 Å². The summed E-state index contributed by atoms with van der Waals surface area (Å²) in [5, 5.41) is 0.454. The van der Waals surface area contributed by atoms with Crippen molar-refractivity contribution in [2.45, 2.75) is 13.5 Å². The fourth-order valence-corrected chi connectivity index (χ4v) is 4.06. The third-order valence-electron chi connectivity index (χ3n) is 4.50. The van der Waals surface area contributed by atoms with Gasteiger partial charge in [0, 0.05) is 5.56 Å². The van der Waals surface area contributed by atoms with E-state index in [-0.39, 0.29) is 12.1 Å². The molecule has 1 amide bonds. The van der Waals surface area contributed by atoms with Crippen LogP contribution in [0.25, 0.3) is 10.2 Å². The second kappa shape index (κ2) is 8.59. The van der Waals surface area contributed by atoms with Crippen LogP contribution >= 0.6 is 11.3 Å². The predicted octanol–water partition coefficient (Wildman–Crippen LogP) is 5.82. The largest absolute Gasteiger partial charge is 0.492 e. The van der Waals surface area contributed by atoms with E-state index in [0.29, 0.717) is 23.0 Å². The molecule has 0 aliphatic carbocycles. The van der Waals surface area contributed by atoms with Crippen LogP contribution in [0, 0.1) is 11.6 Å². The number of nitrogens with zero attached hydrogens (tertiary/aromatic N) is 2. The minimum Gasteiger partial charge on any atom is -0.492 e. The summed E-state index contributed by atoms with van der Waals surface area (Å²) in [6, 6.07) is 18.2. The normalized spacial score (nSPS) is 10.9. The van der Waals surface area contributed by atoms with Crippen molar-refractivity contribution in [3.63, 3.8) is 0 Å². The quantitative estimate of drug-likeness (QED) is 0.392. The molecule has 0 aliphatic heterocycles. The first-order valence-electron chi connectivity index (χ1n) is 9.40. The number of thiazole rings is 1. The van der Waals surface area contributed by atoms with Crippen molar-refractivity contribution in [1.82, 2.24) is 4.98 Å². The van der Waals surface area contributed by atoms with Crippen LogP contribution in [0.1, 0.15) is 22.8 Å². The summed E-state index contributed by atoms with van der Waals surface area (Å²) in [7, 11) is 0. The van der Waals surface area contributed by atoms with Gasteiger partial charge in [0.1, 0.15) is 11.3 Å². The first-order valence-corrected chi connectivity index (χ1v) is 10.2. The van der Waals surface area contributed by atoms with Crippen LogP contribution in [-0.4, -0.2) is 17.5 Å². The Hall–Kier alpha value is -3.32. The van der Waals surface area contributed by atoms with Gasteiger partial charge in [-0.3, -0.25) is 9.69 Å². The lowest BCUT2D eigenvalue weighted by Crippen LogP contribution is -2.30. The van der Waals surface area contributed by atoms with Crippen LogP contribution < -0.4 is 9.64 Å². The van der Waals surface area contributed by atoms with Crippen LogP contribution in [-0.2, 0) is 6.54 Å². The van der Waals surface area contributed by atoms with Gasteiger partial charge in [0.15, 0.2) is 16.8 Å². The van der Waals surface area contributed by atoms with Crippen molar-refractivity contribution in [2.75, 3.05) is 11.5 Å². The summed E-state index contributed by atoms with van der Waals surface area (Å²) in [6.07, 6.45) is 0. The zero-order valence-electron chi connectivity index (χ0n) is 16.1. The van der Waals surface area contributed by atoms with Crippen molar-refractivity contribution in [1.29, 1.82) is 0 Å². The Morgan fingerprint density at radius 3 is 2.57 bits per heavy atom. The molecular formula is C23H18F2N2O2S. The zero-order chi connectivity index (χ0) is 21.1. The summed E-state index contributed by atoms with van der Waals surface area (Å²) >= 11 is 1.34. The molecule has 1 aromatic heterocycles. The van der Waals surface area contributed by atoms with E-state index < -0.39 is 17.5 Å². The minimum absolute atomic E-state index is 0.0501. The van der Waals surface area contributed by atoms with Gasteiger partial charge in [-0.15, -0.1) is 0 Å². The Balaban J connectivity index is 1.79. The Bertz CT molecular complexity index is 1190. The van der Waals surface area contributed by atoms with Gasteiger partial charge in [-0.1, -0.05) is 47.7 Å². The van der Waals surface area contributed by atoms with Crippen LogP contribution in [0.3, 0.4) is 0 Å². The minimum atomic E-state index is -1.07. The lowest BCUT2D eigenvalue weighted by Gasteiger charge is -2.20. The number of anilines is 1. The number of carbonyl (C=O) groups excluding carboxylic acids is 1. The molecule has 0 spiro atoms. The fraction of sp³-hybridized carbons (Fsp3) is 0.130. The Morgan fingerprint density at radius 2 is 1.83 bits per heavy atom. The van der Waals surface area contributed by atoms with Gasteiger partial charge < -0.3 is 4.74 Å². The highest BCUT2D eigenvalue weighted by Crippen LogP contribution is 2.35. The molecule has 0 aliphatic rings. The summed E-state index contributed by atoms with van der Waals surface area (Å²) in [4.78, 5) is 19.4. The first-order chi connectivity index (χ1) is 14.6. The molecule has 0 saturated heterocycles. The number of hydrogen-bond donors (Lipinski definition) is 0. The van der Waals surface area contributed by atoms with Gasteiger partial charge in [0.2, 0.25) is 0 Å². The molecule has 0 unspecified atom stereocenters. The smallest absolute Gasteiger partial charge is 0.260 e. The summed E-state index contributed by atoms with van der Waals surface area (Å²) in [5.74, 6) is -1.89. The lowest BCUT2D eigenvalue weighted by atomic mass is 10.1. The second-order valence-electron chi connectivity index (χ2n) is 6.54. The van der Waals surface area contributed by atoms with Gasteiger partial charge in [-0.25, -0.2) is 13.8 Å². The average Bonchev–Trinajstić information content (AvgIpc) is 3.19. The maximum atomic E-state index is 13.8. The molecule has 0 saturated carbocycles. The highest BCUT2D eigenvalue weighted by molar-refractivity contribution is 7.22. The number of fused-ring (bicyclic) bond motifs is 1.